The van der Waals surface area contributed by atoms with Crippen LogP contribution >= 0.6 is 0 Å². The normalized spacial score (nSPS) is 15.4. The van der Waals surface area contributed by atoms with Gasteiger partial charge in [0.1, 0.15) is 0 Å². The quantitative estimate of drug-likeness (QED) is 0.575. The highest BCUT2D eigenvalue weighted by Crippen LogP contribution is 2.23. The van der Waals surface area contributed by atoms with Crippen molar-refractivity contribution >= 4 is 32.4 Å². The number of benzene rings is 2. The van der Waals surface area contributed by atoms with E-state index >= 15 is 0 Å². The number of anilines is 1. The molecule has 0 spiro atoms. The van der Waals surface area contributed by atoms with Crippen molar-refractivity contribution in [3.05, 3.63) is 64.6 Å². The van der Waals surface area contributed by atoms with Gasteiger partial charge < -0.3 is 5.32 Å². The highest BCUT2D eigenvalue weighted by molar-refractivity contribution is 7.89. The van der Waals surface area contributed by atoms with Crippen molar-refractivity contribution in [1.82, 2.24) is 14.1 Å². The molecular formula is C25H30N4O4S. The van der Waals surface area contributed by atoms with E-state index in [9.17, 15) is 18.0 Å². The summed E-state index contributed by atoms with van der Waals surface area (Å²) in [7, 11) is -3.65. The van der Waals surface area contributed by atoms with Crippen molar-refractivity contribution < 1.29 is 13.2 Å². The Bertz CT molecular complexity index is 1360. The molecule has 4 rings (SSSR count). The van der Waals surface area contributed by atoms with Gasteiger partial charge in [-0.05, 0) is 43.0 Å². The third-order valence-corrected chi connectivity index (χ3v) is 7.81. The summed E-state index contributed by atoms with van der Waals surface area (Å²) >= 11 is 0. The molecule has 0 aliphatic carbocycles. The monoisotopic (exact) mass is 482 g/mol. The molecule has 0 radical (unpaired) electrons. The van der Waals surface area contributed by atoms with Crippen LogP contribution in [0.25, 0.3) is 10.8 Å². The Balaban J connectivity index is 1.66. The molecular weight excluding hydrogens is 452 g/mol. The van der Waals surface area contributed by atoms with E-state index in [1.807, 2.05) is 13.8 Å². The summed E-state index contributed by atoms with van der Waals surface area (Å²) in [6.45, 7) is 5.34. The number of sulfonamides is 1. The molecule has 0 bridgehead atoms. The van der Waals surface area contributed by atoms with Crippen molar-refractivity contribution in [3.63, 3.8) is 0 Å². The number of nitrogens with zero attached hydrogens (tertiary/aromatic N) is 3. The van der Waals surface area contributed by atoms with E-state index < -0.39 is 15.9 Å². The molecule has 8 nitrogen and oxygen atoms in total. The summed E-state index contributed by atoms with van der Waals surface area (Å²) in [5.74, 6) is -0.332. The van der Waals surface area contributed by atoms with Crippen LogP contribution in [0, 0.1) is 5.92 Å². The standard InChI is InChI=1S/C25H30N4O4S/c1-18(2)17-29-25(31)22-13-6-5-12-21(22)23(27-29)24(30)26-19-10-9-11-20(16-19)34(32,33)28-14-7-3-4-8-15-28/h5-6,9-13,16,18H,3-4,7-8,14-15,17H2,1-2H3,(H,26,30). The summed E-state index contributed by atoms with van der Waals surface area (Å²) < 4.78 is 29.2. The number of amides is 1. The first-order valence-electron chi connectivity index (χ1n) is 11.7. The maximum atomic E-state index is 13.2. The van der Waals surface area contributed by atoms with E-state index in [0.29, 0.717) is 36.1 Å². The second kappa shape index (κ2) is 10.1. The number of carbonyl (C=O) groups excluding carboxylic acids is 1. The molecule has 1 aliphatic rings. The summed E-state index contributed by atoms with van der Waals surface area (Å²) in [6, 6.07) is 13.2. The largest absolute Gasteiger partial charge is 0.321 e. The molecule has 0 saturated carbocycles. The molecule has 1 saturated heterocycles. The Labute approximate surface area is 199 Å². The predicted molar refractivity (Wildman–Crippen MR) is 132 cm³/mol. The second-order valence-corrected chi connectivity index (χ2v) is 11.0. The molecule has 1 fully saturated rings. The first-order valence-corrected chi connectivity index (χ1v) is 13.1. The average molecular weight is 483 g/mol. The van der Waals surface area contributed by atoms with Crippen LogP contribution in [-0.2, 0) is 16.6 Å². The van der Waals surface area contributed by atoms with Crippen LogP contribution in [0.3, 0.4) is 0 Å². The minimum absolute atomic E-state index is 0.122. The summed E-state index contributed by atoms with van der Waals surface area (Å²) in [5, 5.41) is 8.01. The minimum Gasteiger partial charge on any atom is -0.321 e. The van der Waals surface area contributed by atoms with E-state index in [-0.39, 0.29) is 22.1 Å². The number of aromatic nitrogens is 2. The summed E-state index contributed by atoms with van der Waals surface area (Å²) in [5.41, 5.74) is 0.233. The van der Waals surface area contributed by atoms with Crippen molar-refractivity contribution in [2.45, 2.75) is 51.0 Å². The fourth-order valence-corrected chi connectivity index (χ4v) is 5.79. The maximum Gasteiger partial charge on any atom is 0.276 e. The van der Waals surface area contributed by atoms with Crippen molar-refractivity contribution in [3.8, 4) is 0 Å². The smallest absolute Gasteiger partial charge is 0.276 e. The van der Waals surface area contributed by atoms with Crippen LogP contribution in [-0.4, -0.2) is 41.5 Å². The number of carbonyl (C=O) groups is 1. The van der Waals surface area contributed by atoms with Crippen LogP contribution < -0.4 is 10.9 Å². The number of nitrogens with one attached hydrogen (secondary N) is 1. The summed E-state index contributed by atoms with van der Waals surface area (Å²) in [4.78, 5) is 26.2. The SMILES string of the molecule is CC(C)Cn1nc(C(=O)Nc2cccc(S(=O)(=O)N3CCCCCC3)c2)c2ccccc2c1=O. The minimum atomic E-state index is -3.65. The lowest BCUT2D eigenvalue weighted by atomic mass is 10.1. The molecule has 1 aromatic heterocycles. The van der Waals surface area contributed by atoms with E-state index in [2.05, 4.69) is 10.4 Å². The van der Waals surface area contributed by atoms with Gasteiger partial charge in [0.05, 0.1) is 10.3 Å². The second-order valence-electron chi connectivity index (χ2n) is 9.08. The van der Waals surface area contributed by atoms with Gasteiger partial charge in [-0.25, -0.2) is 13.1 Å². The van der Waals surface area contributed by atoms with Crippen molar-refractivity contribution in [2.75, 3.05) is 18.4 Å². The molecule has 2 heterocycles. The molecule has 34 heavy (non-hydrogen) atoms. The number of rotatable bonds is 6. The van der Waals surface area contributed by atoms with Gasteiger partial charge >= 0.3 is 0 Å². The first-order chi connectivity index (χ1) is 16.3. The van der Waals surface area contributed by atoms with Crippen LogP contribution in [0.4, 0.5) is 5.69 Å². The zero-order valence-electron chi connectivity index (χ0n) is 19.5. The van der Waals surface area contributed by atoms with Crippen molar-refractivity contribution in [1.29, 1.82) is 0 Å². The molecule has 1 aliphatic heterocycles. The molecule has 180 valence electrons. The van der Waals surface area contributed by atoms with Gasteiger partial charge in [0.25, 0.3) is 11.5 Å². The van der Waals surface area contributed by atoms with Crippen molar-refractivity contribution in [2.24, 2.45) is 5.92 Å². The Morgan fingerprint density at radius 1 is 1.00 bits per heavy atom. The van der Waals surface area contributed by atoms with Gasteiger partial charge in [0, 0.05) is 30.7 Å². The topological polar surface area (TPSA) is 101 Å². The Hall–Kier alpha value is -3.04. The summed E-state index contributed by atoms with van der Waals surface area (Å²) in [6.07, 6.45) is 3.75. The van der Waals surface area contributed by atoms with Crippen LogP contribution in [0.15, 0.2) is 58.2 Å². The van der Waals surface area contributed by atoms with Gasteiger partial charge in [-0.15, -0.1) is 0 Å². The fraction of sp³-hybridized carbons (Fsp3) is 0.400. The predicted octanol–water partition coefficient (Wildman–Crippen LogP) is 3.87. The van der Waals surface area contributed by atoms with Gasteiger partial charge in [0.15, 0.2) is 5.69 Å². The number of hydrogen-bond acceptors (Lipinski definition) is 5. The highest BCUT2D eigenvalue weighted by atomic mass is 32.2. The van der Waals surface area contributed by atoms with Crippen LogP contribution in [0.5, 0.6) is 0 Å². The van der Waals surface area contributed by atoms with Gasteiger partial charge in [0.2, 0.25) is 10.0 Å². The van der Waals surface area contributed by atoms with Crippen LogP contribution in [0.1, 0.15) is 50.0 Å². The zero-order chi connectivity index (χ0) is 24.3. The van der Waals surface area contributed by atoms with Crippen LogP contribution in [0.2, 0.25) is 0 Å². The van der Waals surface area contributed by atoms with Gasteiger partial charge in [-0.1, -0.05) is 51.0 Å². The third kappa shape index (κ3) is 5.05. The highest BCUT2D eigenvalue weighted by Gasteiger charge is 2.25. The lowest BCUT2D eigenvalue weighted by Crippen LogP contribution is -2.32. The van der Waals surface area contributed by atoms with E-state index in [1.165, 1.54) is 15.1 Å². The molecule has 9 heteroatoms. The van der Waals surface area contributed by atoms with E-state index in [0.717, 1.165) is 25.7 Å². The van der Waals surface area contributed by atoms with Gasteiger partial charge in [-0.3, -0.25) is 9.59 Å². The van der Waals surface area contributed by atoms with E-state index in [1.54, 1.807) is 42.5 Å². The Morgan fingerprint density at radius 3 is 2.35 bits per heavy atom. The molecule has 0 atom stereocenters. The first kappa shape index (κ1) is 24.1. The molecule has 1 N–H and O–H groups in total. The Morgan fingerprint density at radius 2 is 1.68 bits per heavy atom. The number of fused-ring (bicyclic) bond motifs is 1. The molecule has 0 unspecified atom stereocenters. The average Bonchev–Trinajstić information content (AvgIpc) is 3.11. The fourth-order valence-electron chi connectivity index (χ4n) is 4.23. The molecule has 2 aromatic carbocycles. The number of hydrogen-bond donors (Lipinski definition) is 1. The zero-order valence-corrected chi connectivity index (χ0v) is 20.3. The third-order valence-electron chi connectivity index (χ3n) is 5.92. The lowest BCUT2D eigenvalue weighted by molar-refractivity contribution is 0.102. The lowest BCUT2D eigenvalue weighted by Gasteiger charge is -2.20. The van der Waals surface area contributed by atoms with Gasteiger partial charge in [-0.2, -0.15) is 9.40 Å². The maximum absolute atomic E-state index is 13.2. The van der Waals surface area contributed by atoms with E-state index in [4.69, 9.17) is 0 Å². The Kier molecular flexibility index (Phi) is 7.13. The molecule has 1 amide bonds. The molecule has 3 aromatic rings.